The van der Waals surface area contributed by atoms with Gasteiger partial charge in [-0.2, -0.15) is 11.8 Å². The topological polar surface area (TPSA) is 108 Å². The highest BCUT2D eigenvalue weighted by Crippen LogP contribution is 2.33. The largest absolute Gasteiger partial charge is 0.507 e. The lowest BCUT2D eigenvalue weighted by atomic mass is 9.98. The first-order valence-corrected chi connectivity index (χ1v) is 15.6. The number of nitrogens with zero attached hydrogens (tertiary/aromatic N) is 1. The summed E-state index contributed by atoms with van der Waals surface area (Å²) >= 11 is 1.57. The Bertz CT molecular complexity index is 918. The molecule has 0 saturated carbocycles. The molecule has 0 heterocycles. The van der Waals surface area contributed by atoms with Crippen molar-refractivity contribution < 1.29 is 24.2 Å². The Morgan fingerprint density at radius 2 is 1.74 bits per heavy atom. The SMILES string of the molecule is CCCCCCN(C(=O)C(CCSC)NC(=O)OC(C)(C)C)C(C(=O)NC(C)CCC)c1cccc(C)c1O. The minimum absolute atomic E-state index is 0.00656. The summed E-state index contributed by atoms with van der Waals surface area (Å²) in [7, 11) is 0. The first-order valence-electron chi connectivity index (χ1n) is 14.2. The Labute approximate surface area is 240 Å². The summed E-state index contributed by atoms with van der Waals surface area (Å²) in [6.45, 7) is 13.5. The van der Waals surface area contributed by atoms with Crippen LogP contribution in [0.2, 0.25) is 0 Å². The van der Waals surface area contributed by atoms with Gasteiger partial charge in [0.1, 0.15) is 23.4 Å². The fourth-order valence-electron chi connectivity index (χ4n) is 4.40. The van der Waals surface area contributed by atoms with Crippen molar-refractivity contribution in [3.63, 3.8) is 0 Å². The van der Waals surface area contributed by atoms with E-state index in [4.69, 9.17) is 4.74 Å². The van der Waals surface area contributed by atoms with E-state index in [1.54, 1.807) is 62.6 Å². The number of phenols is 1. The van der Waals surface area contributed by atoms with Crippen LogP contribution in [0.1, 0.15) is 104 Å². The molecule has 0 aromatic heterocycles. The van der Waals surface area contributed by atoms with Crippen LogP contribution in [0.3, 0.4) is 0 Å². The molecular formula is C30H51N3O5S. The average molecular weight is 566 g/mol. The third kappa shape index (κ3) is 12.1. The van der Waals surface area contributed by atoms with Crippen LogP contribution in [0.5, 0.6) is 5.75 Å². The van der Waals surface area contributed by atoms with Gasteiger partial charge in [0.05, 0.1) is 0 Å². The smallest absolute Gasteiger partial charge is 0.408 e. The summed E-state index contributed by atoms with van der Waals surface area (Å²) in [5.74, 6) is -0.0826. The number of phenolic OH excluding ortho intramolecular Hbond substituents is 1. The predicted molar refractivity (Wildman–Crippen MR) is 160 cm³/mol. The third-order valence-corrected chi connectivity index (χ3v) is 7.01. The maximum absolute atomic E-state index is 14.2. The number of alkyl carbamates (subject to hydrolysis) is 1. The Balaban J connectivity index is 3.56. The minimum Gasteiger partial charge on any atom is -0.507 e. The van der Waals surface area contributed by atoms with E-state index in [0.717, 1.165) is 32.1 Å². The van der Waals surface area contributed by atoms with Crippen molar-refractivity contribution in [3.05, 3.63) is 29.3 Å². The van der Waals surface area contributed by atoms with Gasteiger partial charge in [-0.25, -0.2) is 4.79 Å². The van der Waals surface area contributed by atoms with Crippen LogP contribution in [0.4, 0.5) is 4.79 Å². The molecular weight excluding hydrogens is 514 g/mol. The molecule has 0 bridgehead atoms. The van der Waals surface area contributed by atoms with Gasteiger partial charge in [-0.15, -0.1) is 0 Å². The molecule has 0 fully saturated rings. The number of carbonyl (C=O) groups is 3. The zero-order valence-electron chi connectivity index (χ0n) is 25.3. The Kier molecular flexibility index (Phi) is 15.4. The molecule has 0 aliphatic carbocycles. The number of para-hydroxylation sites is 1. The summed E-state index contributed by atoms with van der Waals surface area (Å²) in [5.41, 5.74) is 0.277. The number of amides is 3. The van der Waals surface area contributed by atoms with Gasteiger partial charge in [0, 0.05) is 18.2 Å². The van der Waals surface area contributed by atoms with E-state index in [9.17, 15) is 19.5 Å². The molecule has 0 radical (unpaired) electrons. The molecule has 3 N–H and O–H groups in total. The molecule has 0 aliphatic heterocycles. The second kappa shape index (κ2) is 17.3. The van der Waals surface area contributed by atoms with Gasteiger partial charge in [-0.3, -0.25) is 9.59 Å². The average Bonchev–Trinajstić information content (AvgIpc) is 2.84. The maximum atomic E-state index is 14.2. The summed E-state index contributed by atoms with van der Waals surface area (Å²) in [6, 6.07) is 3.23. The first kappa shape index (κ1) is 34.6. The molecule has 8 nitrogen and oxygen atoms in total. The van der Waals surface area contributed by atoms with Crippen LogP contribution in [-0.2, 0) is 14.3 Å². The van der Waals surface area contributed by atoms with E-state index >= 15 is 0 Å². The van der Waals surface area contributed by atoms with Crippen molar-refractivity contribution in [2.24, 2.45) is 0 Å². The number of unbranched alkanes of at least 4 members (excludes halogenated alkanes) is 3. The number of nitrogens with one attached hydrogen (secondary N) is 2. The summed E-state index contributed by atoms with van der Waals surface area (Å²) < 4.78 is 5.45. The zero-order chi connectivity index (χ0) is 29.6. The second-order valence-electron chi connectivity index (χ2n) is 11.2. The van der Waals surface area contributed by atoms with Crippen LogP contribution < -0.4 is 10.6 Å². The molecule has 3 unspecified atom stereocenters. The number of carbonyl (C=O) groups excluding carboxylic acids is 3. The highest BCUT2D eigenvalue weighted by atomic mass is 32.2. The van der Waals surface area contributed by atoms with E-state index in [-0.39, 0.29) is 23.6 Å². The van der Waals surface area contributed by atoms with Gasteiger partial charge in [-0.05, 0) is 71.5 Å². The molecule has 3 amide bonds. The molecule has 0 aliphatic rings. The molecule has 9 heteroatoms. The molecule has 0 saturated heterocycles. The van der Waals surface area contributed by atoms with Crippen LogP contribution >= 0.6 is 11.8 Å². The third-order valence-electron chi connectivity index (χ3n) is 6.37. The Hall–Kier alpha value is -2.42. The summed E-state index contributed by atoms with van der Waals surface area (Å²) in [4.78, 5) is 42.3. The second-order valence-corrected chi connectivity index (χ2v) is 12.2. The van der Waals surface area contributed by atoms with Crippen LogP contribution in [0.25, 0.3) is 0 Å². The van der Waals surface area contributed by atoms with Crippen LogP contribution in [-0.4, -0.2) is 64.2 Å². The van der Waals surface area contributed by atoms with Gasteiger partial charge >= 0.3 is 6.09 Å². The number of thioether (sulfide) groups is 1. The quantitative estimate of drug-likeness (QED) is 0.209. The Morgan fingerprint density at radius 1 is 1.05 bits per heavy atom. The van der Waals surface area contributed by atoms with Gasteiger partial charge < -0.3 is 25.4 Å². The van der Waals surface area contributed by atoms with Crippen molar-refractivity contribution in [1.82, 2.24) is 15.5 Å². The number of ether oxygens (including phenoxy) is 1. The van der Waals surface area contributed by atoms with E-state index in [2.05, 4.69) is 24.5 Å². The molecule has 1 aromatic rings. The Morgan fingerprint density at radius 3 is 2.33 bits per heavy atom. The number of aromatic hydroxyl groups is 1. The van der Waals surface area contributed by atoms with Crippen LogP contribution in [0, 0.1) is 6.92 Å². The molecule has 1 rings (SSSR count). The monoisotopic (exact) mass is 565 g/mol. The number of rotatable bonds is 16. The van der Waals surface area contributed by atoms with E-state index in [1.165, 1.54) is 0 Å². The van der Waals surface area contributed by atoms with Crippen molar-refractivity contribution in [1.29, 1.82) is 0 Å². The number of aryl methyl sites for hydroxylation is 1. The molecule has 222 valence electrons. The lowest BCUT2D eigenvalue weighted by Crippen LogP contribution is -2.54. The van der Waals surface area contributed by atoms with E-state index < -0.39 is 23.8 Å². The number of hydrogen-bond donors (Lipinski definition) is 3. The highest BCUT2D eigenvalue weighted by molar-refractivity contribution is 7.98. The van der Waals surface area contributed by atoms with E-state index in [1.807, 2.05) is 13.2 Å². The maximum Gasteiger partial charge on any atom is 0.408 e. The number of benzene rings is 1. The first-order chi connectivity index (χ1) is 18.4. The van der Waals surface area contributed by atoms with Crippen molar-refractivity contribution in [2.75, 3.05) is 18.6 Å². The summed E-state index contributed by atoms with van der Waals surface area (Å²) in [6.07, 6.45) is 6.97. The molecule has 3 atom stereocenters. The van der Waals surface area contributed by atoms with Gasteiger partial charge in [0.15, 0.2) is 0 Å². The molecule has 39 heavy (non-hydrogen) atoms. The molecule has 0 spiro atoms. The van der Waals surface area contributed by atoms with Crippen molar-refractivity contribution in [3.8, 4) is 5.75 Å². The van der Waals surface area contributed by atoms with Gasteiger partial charge in [0.25, 0.3) is 0 Å². The van der Waals surface area contributed by atoms with Crippen molar-refractivity contribution in [2.45, 2.75) is 117 Å². The minimum atomic E-state index is -1.05. The van der Waals surface area contributed by atoms with E-state index in [0.29, 0.717) is 36.3 Å². The summed E-state index contributed by atoms with van der Waals surface area (Å²) in [5, 5.41) is 16.9. The van der Waals surface area contributed by atoms with Gasteiger partial charge in [-0.1, -0.05) is 57.7 Å². The molecule has 1 aromatic carbocycles. The predicted octanol–water partition coefficient (Wildman–Crippen LogP) is 6.10. The lowest BCUT2D eigenvalue weighted by molar-refractivity contribution is -0.143. The van der Waals surface area contributed by atoms with Crippen LogP contribution in [0.15, 0.2) is 18.2 Å². The van der Waals surface area contributed by atoms with Gasteiger partial charge in [0.2, 0.25) is 11.8 Å². The standard InChI is InChI=1S/C30H51N3O5S/c1-9-11-12-13-19-33(28(36)24(18-20-39-8)32-29(37)38-30(5,6)7)25(27(35)31-22(4)15-10-2)23-17-14-16-21(3)26(23)34/h14,16-17,22,24-25,34H,9-13,15,18-20H2,1-8H3,(H,31,35)(H,32,37). The van der Waals surface area contributed by atoms with Crippen molar-refractivity contribution >= 4 is 29.7 Å². The fraction of sp³-hybridized carbons (Fsp3) is 0.700. The fourth-order valence-corrected chi connectivity index (χ4v) is 4.87. The number of hydrogen-bond acceptors (Lipinski definition) is 6. The normalized spacial score (nSPS) is 13.7. The highest BCUT2D eigenvalue weighted by Gasteiger charge is 2.37. The zero-order valence-corrected chi connectivity index (χ0v) is 26.1. The lowest BCUT2D eigenvalue weighted by Gasteiger charge is -2.35.